The highest BCUT2D eigenvalue weighted by molar-refractivity contribution is 5.90. The number of carbonyl (C=O) groups is 4. The maximum atomic E-state index is 15.1. The molecule has 0 unspecified atom stereocenters. The molecule has 2 saturated heterocycles. The third-order valence-electron chi connectivity index (χ3n) is 18.6. The molecule has 96 heavy (non-hydrogen) atoms. The van der Waals surface area contributed by atoms with Gasteiger partial charge in [-0.05, 0) is 103 Å². The third-order valence-corrected chi connectivity index (χ3v) is 18.6. The molecule has 2 saturated carbocycles. The van der Waals surface area contributed by atoms with E-state index in [1.165, 1.54) is 0 Å². The Morgan fingerprint density at radius 1 is 0.438 bits per heavy atom. The Bertz CT molecular complexity index is 3440. The lowest BCUT2D eigenvalue weighted by Gasteiger charge is -2.49. The Hall–Kier alpha value is -7.90. The summed E-state index contributed by atoms with van der Waals surface area (Å²) in [4.78, 5) is 59.0. The number of carbonyl (C=O) groups excluding carboxylic acids is 4. The first-order valence-corrected chi connectivity index (χ1v) is 34.3. The Kier molecular flexibility index (Phi) is 26.0. The van der Waals surface area contributed by atoms with Crippen molar-refractivity contribution in [2.75, 3.05) is 6.61 Å². The van der Waals surface area contributed by atoms with E-state index in [1.807, 2.05) is 128 Å². The lowest BCUT2D eigenvalue weighted by molar-refractivity contribution is -0.356. The average molecular weight is 1310 g/mol. The van der Waals surface area contributed by atoms with Gasteiger partial charge in [0.05, 0.1) is 54.8 Å². The summed E-state index contributed by atoms with van der Waals surface area (Å²) in [5.74, 6) is -2.93. The summed E-state index contributed by atoms with van der Waals surface area (Å²) in [5, 5.41) is 0. The monoisotopic (exact) mass is 1310 g/mol. The molecule has 14 atom stereocenters. The minimum Gasteiger partial charge on any atom is -0.459 e. The summed E-state index contributed by atoms with van der Waals surface area (Å²) in [6.07, 6.45) is -4.79. The Morgan fingerprint density at radius 2 is 0.906 bits per heavy atom. The van der Waals surface area contributed by atoms with Crippen molar-refractivity contribution < 1.29 is 76.0 Å². The van der Waals surface area contributed by atoms with E-state index in [0.29, 0.717) is 6.42 Å². The summed E-state index contributed by atoms with van der Waals surface area (Å²) < 4.78 is 83.3. The molecule has 2 heterocycles. The topological polar surface area (TPSA) is 179 Å². The van der Waals surface area contributed by atoms with E-state index >= 15 is 9.59 Å². The molecule has 7 aromatic carbocycles. The molecule has 2 aliphatic carbocycles. The quantitative estimate of drug-likeness (QED) is 0.0306. The third kappa shape index (κ3) is 19.4. The van der Waals surface area contributed by atoms with Crippen LogP contribution in [0.5, 0.6) is 0 Å². The number of hydrogen-bond acceptors (Lipinski definition) is 16. The molecule has 16 heteroatoms. The van der Waals surface area contributed by atoms with Crippen LogP contribution in [0, 0.1) is 11.8 Å². The fourth-order valence-electron chi connectivity index (χ4n) is 13.5. The minimum atomic E-state index is -1.58. The maximum Gasteiger partial charge on any atom is 0.338 e. The number of ether oxygens (including phenoxy) is 12. The van der Waals surface area contributed by atoms with Gasteiger partial charge in [-0.15, -0.1) is 0 Å². The highest BCUT2D eigenvalue weighted by Crippen LogP contribution is 2.41. The first kappa shape index (κ1) is 69.5. The molecule has 4 aliphatic rings. The van der Waals surface area contributed by atoms with Crippen LogP contribution in [0.3, 0.4) is 0 Å². The van der Waals surface area contributed by atoms with Crippen LogP contribution < -0.4 is 0 Å². The van der Waals surface area contributed by atoms with Gasteiger partial charge in [-0.3, -0.25) is 0 Å². The molecule has 0 amide bonds. The highest BCUT2D eigenvalue weighted by atomic mass is 16.8. The Labute approximate surface area is 564 Å². The van der Waals surface area contributed by atoms with Crippen molar-refractivity contribution in [1.82, 2.24) is 0 Å². The van der Waals surface area contributed by atoms with Gasteiger partial charge in [0.2, 0.25) is 0 Å². The number of hydrogen-bond donors (Lipinski definition) is 0. The number of unbranched alkanes of at least 4 members (excludes halogenated alkanes) is 1. The molecule has 7 aromatic rings. The molecule has 0 N–H and O–H groups in total. The van der Waals surface area contributed by atoms with Gasteiger partial charge in [0.15, 0.2) is 30.9 Å². The van der Waals surface area contributed by atoms with Crippen LogP contribution in [0.2, 0.25) is 0 Å². The van der Waals surface area contributed by atoms with Crippen molar-refractivity contribution >= 4 is 23.9 Å². The zero-order valence-electron chi connectivity index (χ0n) is 54.9. The van der Waals surface area contributed by atoms with Gasteiger partial charge < -0.3 is 56.8 Å². The highest BCUT2D eigenvalue weighted by Gasteiger charge is 2.56. The lowest BCUT2D eigenvalue weighted by atomic mass is 9.81. The molecule has 11 rings (SSSR count). The van der Waals surface area contributed by atoms with Crippen molar-refractivity contribution in [3.63, 3.8) is 0 Å². The van der Waals surface area contributed by atoms with Crippen LogP contribution in [0.15, 0.2) is 212 Å². The number of esters is 4. The normalized spacial score (nSPS) is 25.6. The maximum absolute atomic E-state index is 15.1. The molecule has 0 aromatic heterocycles. The predicted molar refractivity (Wildman–Crippen MR) is 359 cm³/mol. The van der Waals surface area contributed by atoms with Crippen molar-refractivity contribution in [3.05, 3.63) is 251 Å². The molecule has 0 spiro atoms. The SMILES string of the molecule is CCCC[C@H]1CCC[C@@H](O[C@@H]2O[C@H](COC(=O)c3ccccc3)[C@H](OC(=O)c3ccccc3)[C@H](O[C@@H](CC3CCCCC3)C(=O)OCc3ccccc3)[C@H]2OC(=O)c2ccccc2)[C@@H]1O[C@@H]1O[C@@H](C)[C@@H](OCc2ccccc2)[C@@H](OCc2ccccc2)[C@@H]1OCc1ccccc1. The Balaban J connectivity index is 0.997. The van der Waals surface area contributed by atoms with Gasteiger partial charge >= 0.3 is 23.9 Å². The molecule has 16 nitrogen and oxygen atoms in total. The summed E-state index contributed by atoms with van der Waals surface area (Å²) in [5.41, 5.74) is 4.31. The smallest absolute Gasteiger partial charge is 0.338 e. The van der Waals surface area contributed by atoms with Crippen LogP contribution in [-0.4, -0.2) is 110 Å². The van der Waals surface area contributed by atoms with E-state index in [9.17, 15) is 9.59 Å². The van der Waals surface area contributed by atoms with E-state index in [0.717, 1.165) is 86.5 Å². The van der Waals surface area contributed by atoms with Crippen molar-refractivity contribution in [2.45, 2.75) is 197 Å². The van der Waals surface area contributed by atoms with Gasteiger partial charge in [-0.2, -0.15) is 0 Å². The first-order chi connectivity index (χ1) is 47.1. The summed E-state index contributed by atoms with van der Waals surface area (Å²) >= 11 is 0. The molecular formula is C80H90O16. The van der Waals surface area contributed by atoms with E-state index in [1.54, 1.807) is 91.0 Å². The molecule has 506 valence electrons. The molecule has 0 bridgehead atoms. The zero-order valence-corrected chi connectivity index (χ0v) is 54.9. The van der Waals surface area contributed by atoms with E-state index < -0.39 is 110 Å². The van der Waals surface area contributed by atoms with Crippen molar-refractivity contribution in [2.24, 2.45) is 11.8 Å². The van der Waals surface area contributed by atoms with Crippen LogP contribution in [0.25, 0.3) is 0 Å². The minimum absolute atomic E-state index is 0.0498. The second kappa shape index (κ2) is 35.9. The second-order valence-electron chi connectivity index (χ2n) is 25.5. The van der Waals surface area contributed by atoms with Gasteiger partial charge in [0, 0.05) is 0 Å². The van der Waals surface area contributed by atoms with E-state index in [4.69, 9.17) is 56.8 Å². The average Bonchev–Trinajstić information content (AvgIpc) is 0.784. The largest absolute Gasteiger partial charge is 0.459 e. The van der Waals surface area contributed by atoms with Crippen LogP contribution in [0.4, 0.5) is 0 Å². The standard InChI is InChI=1S/C80H90O16/c1-3-4-40-61-47-29-48-65(69(61)96-79-73(87-52-59-36-19-8-20-37-59)71(86-51-58-34-17-7-18-35-58)68(55(2)90-79)85-50-57-32-15-6-16-33-57)92-80-74(95-77(83)64-45-27-12-28-46-64)72(91-66(49-56-30-13-5-14-31-56)78(84)88-53-60-38-21-9-22-39-60)70(94-76(82)63-43-25-11-26-44-63)67(93-80)54-89-75(81)62-41-23-10-24-42-62/h6-12,15-28,32-39,41-46,55-56,61,65-74,79-80H,3-5,13-14,29-31,40,47-54H2,1-2H3/t55-,61-,65+,66-,67+,68+,69+,70-,71+,72-,73-,74+,79-,80+/m0/s1. The first-order valence-electron chi connectivity index (χ1n) is 34.3. The summed E-state index contributed by atoms with van der Waals surface area (Å²) in [7, 11) is 0. The lowest BCUT2D eigenvalue weighted by Crippen LogP contribution is -2.65. The molecule has 2 aliphatic heterocycles. The number of benzene rings is 7. The van der Waals surface area contributed by atoms with Crippen LogP contribution in [-0.2, 0) is 88.1 Å². The van der Waals surface area contributed by atoms with Gasteiger partial charge in [0.1, 0.15) is 43.7 Å². The van der Waals surface area contributed by atoms with Crippen molar-refractivity contribution in [1.29, 1.82) is 0 Å². The van der Waals surface area contributed by atoms with Crippen LogP contribution >= 0.6 is 0 Å². The summed E-state index contributed by atoms with van der Waals surface area (Å²) in [6, 6.07) is 64.7. The second-order valence-corrected chi connectivity index (χ2v) is 25.5. The predicted octanol–water partition coefficient (Wildman–Crippen LogP) is 14.7. The molecular weight excluding hydrogens is 1220 g/mol. The fourth-order valence-corrected chi connectivity index (χ4v) is 13.5. The fraction of sp³-hybridized carbons (Fsp3) is 0.425. The molecule has 0 radical (unpaired) electrons. The molecule has 4 fully saturated rings. The van der Waals surface area contributed by atoms with Gasteiger partial charge in [0.25, 0.3) is 0 Å². The van der Waals surface area contributed by atoms with E-state index in [-0.39, 0.29) is 61.4 Å². The van der Waals surface area contributed by atoms with Gasteiger partial charge in [-0.25, -0.2) is 19.2 Å². The van der Waals surface area contributed by atoms with E-state index in [2.05, 4.69) is 6.92 Å². The zero-order chi connectivity index (χ0) is 66.3. The number of rotatable bonds is 30. The van der Waals surface area contributed by atoms with Gasteiger partial charge in [-0.1, -0.05) is 234 Å². The Morgan fingerprint density at radius 3 is 1.44 bits per heavy atom. The summed E-state index contributed by atoms with van der Waals surface area (Å²) in [6.45, 7) is 4.31. The van der Waals surface area contributed by atoms with Crippen molar-refractivity contribution in [3.8, 4) is 0 Å². The van der Waals surface area contributed by atoms with Crippen LogP contribution in [0.1, 0.15) is 144 Å².